The molecule has 17 heavy (non-hydrogen) atoms. The first-order chi connectivity index (χ1) is 7.01. The first-order valence-corrected chi connectivity index (χ1v) is 6.19. The standard InChI is InChI=1S/C10H15O2.CH3OP.2Y/c1-7-4-5-10(8(2)6-7)12-9(3)11;1-3-2;;/h4-8,10H,1-3H3;1H3;;/q-2;;;. The maximum Gasteiger partial charge on any atom is 0.302 e. The van der Waals surface area contributed by atoms with Crippen LogP contribution in [0.1, 0.15) is 20.8 Å². The van der Waals surface area contributed by atoms with Crippen LogP contribution in [0.25, 0.3) is 0 Å². The van der Waals surface area contributed by atoms with Gasteiger partial charge < -0.3 is 23.5 Å². The second-order valence-electron chi connectivity index (χ2n) is 3.55. The molecule has 3 unspecified atom stereocenters. The molecule has 6 heteroatoms. The molecule has 0 bridgehead atoms. The number of hydrogen-bond acceptors (Lipinski definition) is 3. The Morgan fingerprint density at radius 1 is 1.35 bits per heavy atom. The molecule has 1 fully saturated rings. The van der Waals surface area contributed by atoms with Crippen molar-refractivity contribution in [3.8, 4) is 0 Å². The third-order valence-electron chi connectivity index (χ3n) is 2.03. The van der Waals surface area contributed by atoms with Gasteiger partial charge in [0.05, 0.1) is 6.10 Å². The molecule has 93 valence electrons. The molecule has 0 spiro atoms. The minimum atomic E-state index is -0.209. The number of hydrogen-bond donors (Lipinski definition) is 0. The molecule has 0 aromatic heterocycles. The quantitative estimate of drug-likeness (QED) is 0.382. The zero-order valence-corrected chi connectivity index (χ0v) is 17.4. The molecule has 1 saturated carbocycles. The van der Waals surface area contributed by atoms with Crippen LogP contribution in [-0.4, -0.2) is 18.7 Å². The minimum absolute atomic E-state index is 0. The van der Waals surface area contributed by atoms with E-state index >= 15 is 0 Å². The van der Waals surface area contributed by atoms with Crippen LogP contribution in [0.2, 0.25) is 0 Å². The monoisotopic (exact) mass is 407 g/mol. The fourth-order valence-electron chi connectivity index (χ4n) is 1.45. The van der Waals surface area contributed by atoms with E-state index in [0.29, 0.717) is 11.8 Å². The maximum absolute atomic E-state index is 10.7. The van der Waals surface area contributed by atoms with Gasteiger partial charge in [-0.05, 0) is 0 Å². The van der Waals surface area contributed by atoms with Crippen LogP contribution in [0.15, 0.2) is 0 Å². The molecular formula is C11H18O3PY2-2. The van der Waals surface area contributed by atoms with Gasteiger partial charge in [-0.1, -0.05) is 6.92 Å². The van der Waals surface area contributed by atoms with Crippen LogP contribution in [0.3, 0.4) is 0 Å². The Morgan fingerprint density at radius 3 is 2.18 bits per heavy atom. The Hall–Kier alpha value is 1.78. The molecule has 1 aliphatic rings. The summed E-state index contributed by atoms with van der Waals surface area (Å²) >= 11 is 0. The smallest absolute Gasteiger partial charge is 0.302 e. The summed E-state index contributed by atoms with van der Waals surface area (Å²) in [6.45, 7) is 7.17. The number of carbonyl (C=O) groups excluding carboxylic acids is 1. The summed E-state index contributed by atoms with van der Waals surface area (Å²) in [6.07, 6.45) is 6.16. The van der Waals surface area contributed by atoms with Crippen molar-refractivity contribution in [2.24, 2.45) is 11.8 Å². The van der Waals surface area contributed by atoms with E-state index in [4.69, 9.17) is 9.30 Å². The molecule has 0 N–H and O–H groups in total. The Labute approximate surface area is 157 Å². The van der Waals surface area contributed by atoms with Crippen molar-refractivity contribution in [3.05, 3.63) is 19.3 Å². The van der Waals surface area contributed by atoms with Crippen LogP contribution < -0.4 is 0 Å². The molecule has 3 nitrogen and oxygen atoms in total. The van der Waals surface area contributed by atoms with Crippen LogP contribution in [-0.2, 0) is 79.5 Å². The molecule has 0 aromatic carbocycles. The topological polar surface area (TPSA) is 43.4 Å². The summed E-state index contributed by atoms with van der Waals surface area (Å²) in [4.78, 5) is 10.7. The normalized spacial score (nSPS) is 26.7. The van der Waals surface area contributed by atoms with Gasteiger partial charge in [-0.2, -0.15) is 6.42 Å². The van der Waals surface area contributed by atoms with E-state index < -0.39 is 0 Å². The maximum atomic E-state index is 10.7. The van der Waals surface area contributed by atoms with E-state index in [2.05, 4.69) is 26.7 Å². The molecule has 1 aliphatic carbocycles. The van der Waals surface area contributed by atoms with Gasteiger partial charge in [-0.3, -0.25) is 9.36 Å². The van der Waals surface area contributed by atoms with Crippen molar-refractivity contribution >= 4 is 14.4 Å². The number of rotatable bonds is 1. The summed E-state index contributed by atoms with van der Waals surface area (Å²) in [7, 11) is 0.167. The van der Waals surface area contributed by atoms with Crippen molar-refractivity contribution in [2.45, 2.75) is 26.9 Å². The van der Waals surface area contributed by atoms with Crippen molar-refractivity contribution in [3.63, 3.8) is 0 Å². The Balaban J connectivity index is -0.000000356. The predicted molar refractivity (Wildman–Crippen MR) is 60.3 cm³/mol. The zero-order chi connectivity index (χ0) is 11.8. The summed E-state index contributed by atoms with van der Waals surface area (Å²) in [5, 5.41) is 0. The molecule has 1 rings (SSSR count). The Bertz CT molecular complexity index is 215. The number of esters is 1. The fourth-order valence-corrected chi connectivity index (χ4v) is 1.45. The second-order valence-corrected chi connectivity index (χ2v) is 3.92. The van der Waals surface area contributed by atoms with Gasteiger partial charge in [0.1, 0.15) is 0 Å². The molecule has 0 heterocycles. The fraction of sp³-hybridized carbons (Fsp3) is 0.636. The van der Waals surface area contributed by atoms with E-state index in [1.54, 1.807) is 6.66 Å². The third-order valence-corrected chi connectivity index (χ3v) is 2.03. The van der Waals surface area contributed by atoms with Crippen molar-refractivity contribution in [1.29, 1.82) is 0 Å². The van der Waals surface area contributed by atoms with E-state index in [1.165, 1.54) is 6.92 Å². The molecule has 0 amide bonds. The number of carbonyl (C=O) groups is 1. The van der Waals surface area contributed by atoms with Gasteiger partial charge in [-0.25, -0.2) is 0 Å². The van der Waals surface area contributed by atoms with Crippen molar-refractivity contribution in [1.82, 2.24) is 0 Å². The van der Waals surface area contributed by atoms with Crippen LogP contribution in [0.5, 0.6) is 0 Å². The molecule has 3 radical (unpaired) electrons. The largest absolute Gasteiger partial charge is 0.468 e. The van der Waals surface area contributed by atoms with E-state index in [1.807, 2.05) is 6.42 Å². The molecule has 3 atom stereocenters. The van der Waals surface area contributed by atoms with Gasteiger partial charge in [0, 0.05) is 79.0 Å². The average Bonchev–Trinajstić information content (AvgIpc) is 2.11. The SMILES string of the molecule is CC(=O)OC1[CH][CH-]C(C)[CH-]C1C.CP=O.[Y].[Y]. The van der Waals surface area contributed by atoms with E-state index in [0.717, 1.165) is 0 Å². The summed E-state index contributed by atoms with van der Waals surface area (Å²) < 4.78 is 14.0. The minimum Gasteiger partial charge on any atom is -0.468 e. The zero-order valence-electron chi connectivity index (χ0n) is 10.8. The first kappa shape index (κ1) is 23.8. The summed E-state index contributed by atoms with van der Waals surface area (Å²) in [5.74, 6) is 0.611. The van der Waals surface area contributed by atoms with Gasteiger partial charge in [0.15, 0.2) is 8.46 Å². The van der Waals surface area contributed by atoms with Gasteiger partial charge in [-0.15, -0.1) is 12.8 Å². The van der Waals surface area contributed by atoms with Crippen molar-refractivity contribution < 1.29 is 79.5 Å². The second kappa shape index (κ2) is 14.2. The Morgan fingerprint density at radius 2 is 1.82 bits per heavy atom. The number of ether oxygens (including phenoxy) is 1. The van der Waals surface area contributed by atoms with Crippen molar-refractivity contribution in [2.75, 3.05) is 6.66 Å². The first-order valence-electron chi connectivity index (χ1n) is 4.93. The molecule has 0 aromatic rings. The van der Waals surface area contributed by atoms with E-state index in [-0.39, 0.29) is 86.0 Å². The van der Waals surface area contributed by atoms with Gasteiger partial charge in [0.2, 0.25) is 0 Å². The van der Waals surface area contributed by atoms with Gasteiger partial charge in [0.25, 0.3) is 0 Å². The molecule has 0 aliphatic heterocycles. The summed E-state index contributed by atoms with van der Waals surface area (Å²) in [6, 6.07) is 0. The van der Waals surface area contributed by atoms with Crippen LogP contribution in [0.4, 0.5) is 0 Å². The average molecular weight is 407 g/mol. The van der Waals surface area contributed by atoms with E-state index in [9.17, 15) is 4.79 Å². The Kier molecular flexibility index (Phi) is 19.9. The summed E-state index contributed by atoms with van der Waals surface area (Å²) in [5.41, 5.74) is 0. The molecule has 0 saturated heterocycles. The molecular weight excluding hydrogens is 389 g/mol. The van der Waals surface area contributed by atoms with Crippen LogP contribution >= 0.6 is 8.46 Å². The third kappa shape index (κ3) is 12.6. The van der Waals surface area contributed by atoms with Crippen LogP contribution in [0, 0.1) is 31.1 Å². The predicted octanol–water partition coefficient (Wildman–Crippen LogP) is 2.72. The van der Waals surface area contributed by atoms with Gasteiger partial charge >= 0.3 is 5.97 Å².